The van der Waals surface area contributed by atoms with Gasteiger partial charge in [0.1, 0.15) is 0 Å². The average Bonchev–Trinajstić information content (AvgIpc) is 1.25. The first-order valence-electron chi connectivity index (χ1n) is 1.03. The summed E-state index contributed by atoms with van der Waals surface area (Å²) < 4.78 is 48.2. The van der Waals surface area contributed by atoms with Crippen molar-refractivity contribution in [3.63, 3.8) is 0 Å². The van der Waals surface area contributed by atoms with Gasteiger partial charge in [0.25, 0.3) is 11.4 Å². The summed E-state index contributed by atoms with van der Waals surface area (Å²) in [7, 11) is 0. The third-order valence-corrected chi connectivity index (χ3v) is 0. The van der Waals surface area contributed by atoms with Crippen LogP contribution in [0.25, 0.3) is 0 Å². The monoisotopic (exact) mass is 240 g/mol. The second kappa shape index (κ2) is 18.2. The molecule has 0 amide bonds. The van der Waals surface area contributed by atoms with E-state index in [0.717, 1.165) is 0 Å². The van der Waals surface area contributed by atoms with Crippen molar-refractivity contribution in [1.82, 2.24) is 0 Å². The first-order chi connectivity index (χ1) is 3.46. The molecular formula is H2K2O6S2. The topological polar surface area (TPSA) is 121 Å². The Hall–Kier alpha value is 3.41. The van der Waals surface area contributed by atoms with E-state index >= 15 is 0 Å². The van der Waals surface area contributed by atoms with E-state index in [1.807, 2.05) is 0 Å². The first kappa shape index (κ1) is 23.3. The van der Waals surface area contributed by atoms with Crippen LogP contribution >= 0.6 is 0 Å². The van der Waals surface area contributed by atoms with E-state index < -0.39 is 22.7 Å². The smallest absolute Gasteiger partial charge is 0.784 e. The largest absolute Gasteiger partial charge is 1.00 e. The van der Waals surface area contributed by atoms with Gasteiger partial charge in [0.15, 0.2) is 0 Å². The Balaban J connectivity index is -0.0000000300. The fraction of sp³-hybridized carbons (Fsp3) is 0. The summed E-state index contributed by atoms with van der Waals surface area (Å²) in [4.78, 5) is 0. The van der Waals surface area contributed by atoms with E-state index in [1.165, 1.54) is 0 Å². The molecule has 0 rings (SSSR count). The van der Waals surface area contributed by atoms with Crippen molar-refractivity contribution >= 4 is 22.7 Å². The first-order valence-corrected chi connectivity index (χ1v) is 3.10. The van der Waals surface area contributed by atoms with Crippen LogP contribution < -0.4 is 103 Å². The van der Waals surface area contributed by atoms with Crippen LogP contribution in [-0.4, -0.2) is 26.6 Å². The molecule has 0 aromatic carbocycles. The van der Waals surface area contributed by atoms with Gasteiger partial charge in [-0.25, -0.2) is 0 Å². The van der Waals surface area contributed by atoms with E-state index in [4.69, 9.17) is 26.6 Å². The number of hydrogen-bond acceptors (Lipinski definition) is 4. The number of rotatable bonds is 0. The molecule has 0 heterocycles. The molecule has 0 aliphatic rings. The molecule has 10 heavy (non-hydrogen) atoms. The number of hydrogen-bond donors (Lipinski definition) is 2. The van der Waals surface area contributed by atoms with Crippen molar-refractivity contribution < 1.29 is 129 Å². The summed E-state index contributed by atoms with van der Waals surface area (Å²) in [5.74, 6) is 0. The minimum Gasteiger partial charge on any atom is -0.784 e. The molecular weight excluding hydrogens is 238 g/mol. The molecule has 0 aliphatic heterocycles. The van der Waals surface area contributed by atoms with Crippen molar-refractivity contribution in [2.75, 3.05) is 0 Å². The zero-order valence-electron chi connectivity index (χ0n) is 5.34. The molecule has 6 nitrogen and oxygen atoms in total. The maximum Gasteiger partial charge on any atom is 1.00 e. The maximum atomic E-state index is 8.67. The predicted molar refractivity (Wildman–Crippen MR) is 23.1 cm³/mol. The SMILES string of the molecule is O=S(O)O.O=S([O-])[O-].[K+].[K+]. The zero-order valence-corrected chi connectivity index (χ0v) is 13.2. The molecule has 0 aliphatic carbocycles. The van der Waals surface area contributed by atoms with Crippen molar-refractivity contribution in [3.8, 4) is 0 Å². The van der Waals surface area contributed by atoms with Gasteiger partial charge >= 0.3 is 103 Å². The average molecular weight is 240 g/mol. The Labute approximate surface area is 148 Å². The third-order valence-electron chi connectivity index (χ3n) is 0. The van der Waals surface area contributed by atoms with Gasteiger partial charge < -0.3 is 9.11 Å². The van der Waals surface area contributed by atoms with Crippen LogP contribution in [0.1, 0.15) is 0 Å². The van der Waals surface area contributed by atoms with Crippen LogP contribution in [0.3, 0.4) is 0 Å². The van der Waals surface area contributed by atoms with Crippen molar-refractivity contribution in [2.45, 2.75) is 0 Å². The Morgan fingerprint density at radius 1 is 1.00 bits per heavy atom. The minimum atomic E-state index is -3.11. The van der Waals surface area contributed by atoms with E-state index in [2.05, 4.69) is 0 Å². The van der Waals surface area contributed by atoms with E-state index in [9.17, 15) is 0 Å². The molecule has 0 aromatic heterocycles. The quantitative estimate of drug-likeness (QED) is 0.320. The van der Waals surface area contributed by atoms with Gasteiger partial charge in [0, 0.05) is 0 Å². The normalized spacial score (nSPS) is 7.00. The third kappa shape index (κ3) is 106. The van der Waals surface area contributed by atoms with Crippen molar-refractivity contribution in [3.05, 3.63) is 0 Å². The molecule has 0 bridgehead atoms. The van der Waals surface area contributed by atoms with Crippen LogP contribution in [0.15, 0.2) is 0 Å². The Morgan fingerprint density at radius 3 is 1.00 bits per heavy atom. The molecule has 52 valence electrons. The second-order valence-corrected chi connectivity index (χ2v) is 1.30. The van der Waals surface area contributed by atoms with Gasteiger partial charge in [-0.15, -0.1) is 11.4 Å². The van der Waals surface area contributed by atoms with Gasteiger partial charge in [0.2, 0.25) is 0 Å². The van der Waals surface area contributed by atoms with Crippen LogP contribution in [0.2, 0.25) is 0 Å². The summed E-state index contributed by atoms with van der Waals surface area (Å²) in [5, 5.41) is 0. The molecule has 0 fully saturated rings. The van der Waals surface area contributed by atoms with Gasteiger partial charge in [0.05, 0.1) is 0 Å². The second-order valence-electron chi connectivity index (χ2n) is 0.435. The molecule has 0 saturated heterocycles. The Morgan fingerprint density at radius 2 is 1.00 bits per heavy atom. The van der Waals surface area contributed by atoms with Gasteiger partial charge in [-0.2, -0.15) is 4.21 Å². The standard InChI is InChI=1S/2K.2H2O3S/c;;2*1-4(2)3/h;;2*(H2,1,2,3)/q2*+1;;/p-2. The molecule has 0 radical (unpaired) electrons. The van der Waals surface area contributed by atoms with Crippen LogP contribution in [-0.2, 0) is 22.7 Å². The molecule has 0 saturated carbocycles. The van der Waals surface area contributed by atoms with Gasteiger partial charge in [-0.05, 0) is 0 Å². The minimum absolute atomic E-state index is 0. The molecule has 2 N–H and O–H groups in total. The fourth-order valence-corrected chi connectivity index (χ4v) is 0. The molecule has 0 unspecified atom stereocenters. The van der Waals surface area contributed by atoms with E-state index in [0.29, 0.717) is 0 Å². The Bertz CT molecular complexity index is 71.7. The summed E-state index contributed by atoms with van der Waals surface area (Å²) in [6.45, 7) is 0. The summed E-state index contributed by atoms with van der Waals surface area (Å²) in [5.41, 5.74) is 0. The summed E-state index contributed by atoms with van der Waals surface area (Å²) in [6, 6.07) is 0. The van der Waals surface area contributed by atoms with Crippen LogP contribution in [0, 0.1) is 0 Å². The molecule has 0 atom stereocenters. The van der Waals surface area contributed by atoms with Crippen molar-refractivity contribution in [1.29, 1.82) is 0 Å². The Kier molecular flexibility index (Phi) is 42.6. The maximum absolute atomic E-state index is 8.67. The van der Waals surface area contributed by atoms with Gasteiger partial charge in [-0.1, -0.05) is 0 Å². The fourth-order valence-electron chi connectivity index (χ4n) is 0. The molecule has 0 spiro atoms. The molecule has 0 aromatic rings. The van der Waals surface area contributed by atoms with Crippen LogP contribution in [0.4, 0.5) is 0 Å². The van der Waals surface area contributed by atoms with E-state index in [-0.39, 0.29) is 103 Å². The molecule has 10 heteroatoms. The van der Waals surface area contributed by atoms with E-state index in [1.54, 1.807) is 0 Å². The summed E-state index contributed by atoms with van der Waals surface area (Å²) >= 11 is -5.72. The van der Waals surface area contributed by atoms with Crippen LogP contribution in [0.5, 0.6) is 0 Å². The zero-order chi connectivity index (χ0) is 7.15. The van der Waals surface area contributed by atoms with Gasteiger partial charge in [-0.3, -0.25) is 13.3 Å². The van der Waals surface area contributed by atoms with Crippen molar-refractivity contribution in [2.24, 2.45) is 0 Å². The summed E-state index contributed by atoms with van der Waals surface area (Å²) in [6.07, 6.45) is 0. The predicted octanol–water partition coefficient (Wildman–Crippen LogP) is -7.31.